The average Bonchev–Trinajstić information content (AvgIpc) is 2.39. The van der Waals surface area contributed by atoms with Gasteiger partial charge in [0.1, 0.15) is 0 Å². The largest absolute Gasteiger partial charge is 0.342 e. The van der Waals surface area contributed by atoms with E-state index < -0.39 is 0 Å². The van der Waals surface area contributed by atoms with E-state index in [0.29, 0.717) is 12.5 Å². The number of hydrogen-bond acceptors (Lipinski definition) is 3. The van der Waals surface area contributed by atoms with Gasteiger partial charge >= 0.3 is 0 Å². The predicted molar refractivity (Wildman–Crippen MR) is 73.5 cm³/mol. The van der Waals surface area contributed by atoms with Gasteiger partial charge in [-0.15, -0.1) is 0 Å². The zero-order valence-corrected chi connectivity index (χ0v) is 11.8. The van der Waals surface area contributed by atoms with E-state index in [9.17, 15) is 4.79 Å². The highest BCUT2D eigenvalue weighted by Gasteiger charge is 2.29. The number of likely N-dealkylation sites (N-methyl/N-ethyl adjacent to an activating group) is 1. The third kappa shape index (κ3) is 3.69. The Morgan fingerprint density at radius 3 is 2.22 bits per heavy atom. The van der Waals surface area contributed by atoms with Crippen molar-refractivity contribution < 1.29 is 4.79 Å². The molecule has 2 saturated heterocycles. The smallest absolute Gasteiger partial charge is 0.236 e. The minimum Gasteiger partial charge on any atom is -0.342 e. The van der Waals surface area contributed by atoms with Crippen molar-refractivity contribution in [2.24, 2.45) is 11.8 Å². The molecular formula is C14H27N3O. The zero-order chi connectivity index (χ0) is 13.0. The Labute approximate surface area is 111 Å². The van der Waals surface area contributed by atoms with Gasteiger partial charge in [0.05, 0.1) is 6.54 Å². The summed E-state index contributed by atoms with van der Waals surface area (Å²) >= 11 is 0. The Morgan fingerprint density at radius 2 is 1.67 bits per heavy atom. The molecule has 0 aliphatic carbocycles. The summed E-state index contributed by atoms with van der Waals surface area (Å²) in [4.78, 5) is 16.0. The minimum atomic E-state index is 0.295. The first-order valence-corrected chi connectivity index (χ1v) is 7.30. The molecule has 2 aliphatic heterocycles. The molecule has 2 rings (SSSR count). The third-order valence-electron chi connectivity index (χ3n) is 4.39. The number of hydrogen-bond donors (Lipinski definition) is 1. The Hall–Kier alpha value is -0.610. The summed E-state index contributed by atoms with van der Waals surface area (Å²) in [6, 6.07) is 0. The Kier molecular flexibility index (Phi) is 5.01. The maximum atomic E-state index is 12.0. The van der Waals surface area contributed by atoms with Crippen LogP contribution in [0.5, 0.6) is 0 Å². The molecule has 0 spiro atoms. The predicted octanol–water partition coefficient (Wildman–Crippen LogP) is 0.786. The van der Waals surface area contributed by atoms with Crippen LogP contribution in [0.15, 0.2) is 0 Å². The summed E-state index contributed by atoms with van der Waals surface area (Å²) in [6.07, 6.45) is 5.08. The molecule has 4 heteroatoms. The highest BCUT2D eigenvalue weighted by molar-refractivity contribution is 5.78. The lowest BCUT2D eigenvalue weighted by Gasteiger charge is -2.38. The first-order valence-electron chi connectivity index (χ1n) is 7.30. The van der Waals surface area contributed by atoms with Crippen LogP contribution in [0.4, 0.5) is 0 Å². The number of piperidine rings is 2. The Bertz CT molecular complexity index is 266. The second-order valence-electron chi connectivity index (χ2n) is 6.04. The monoisotopic (exact) mass is 253 g/mol. The minimum absolute atomic E-state index is 0.295. The number of carbonyl (C=O) groups excluding carboxylic acids is 1. The molecule has 0 bridgehead atoms. The SMILES string of the molecule is CN(C)CC(=O)N1CCC(C2CCNCC2)CC1. The zero-order valence-electron chi connectivity index (χ0n) is 11.8. The highest BCUT2D eigenvalue weighted by atomic mass is 16.2. The fraction of sp³-hybridized carbons (Fsp3) is 0.929. The van der Waals surface area contributed by atoms with Gasteiger partial charge in [-0.1, -0.05) is 0 Å². The van der Waals surface area contributed by atoms with Gasteiger partial charge in [-0.3, -0.25) is 4.79 Å². The summed E-state index contributed by atoms with van der Waals surface area (Å²) in [5.41, 5.74) is 0. The number of nitrogens with zero attached hydrogens (tertiary/aromatic N) is 2. The van der Waals surface area contributed by atoms with E-state index in [1.54, 1.807) is 0 Å². The Morgan fingerprint density at radius 1 is 1.11 bits per heavy atom. The van der Waals surface area contributed by atoms with E-state index in [1.807, 2.05) is 19.0 Å². The van der Waals surface area contributed by atoms with Crippen molar-refractivity contribution in [1.29, 1.82) is 0 Å². The molecule has 2 fully saturated rings. The van der Waals surface area contributed by atoms with Gasteiger partial charge in [-0.05, 0) is 64.7 Å². The number of carbonyl (C=O) groups is 1. The quantitative estimate of drug-likeness (QED) is 0.807. The van der Waals surface area contributed by atoms with Crippen LogP contribution in [0.2, 0.25) is 0 Å². The van der Waals surface area contributed by atoms with E-state index in [0.717, 1.165) is 24.9 Å². The topological polar surface area (TPSA) is 35.6 Å². The van der Waals surface area contributed by atoms with Crippen LogP contribution in [0, 0.1) is 11.8 Å². The molecule has 0 unspecified atom stereocenters. The van der Waals surface area contributed by atoms with Crippen molar-refractivity contribution in [3.8, 4) is 0 Å². The van der Waals surface area contributed by atoms with Crippen LogP contribution in [0.3, 0.4) is 0 Å². The van der Waals surface area contributed by atoms with E-state index in [4.69, 9.17) is 0 Å². The molecule has 0 radical (unpaired) electrons. The van der Waals surface area contributed by atoms with E-state index in [2.05, 4.69) is 10.2 Å². The lowest BCUT2D eigenvalue weighted by Crippen LogP contribution is -2.44. The van der Waals surface area contributed by atoms with Crippen LogP contribution < -0.4 is 5.32 Å². The van der Waals surface area contributed by atoms with Crippen LogP contribution >= 0.6 is 0 Å². The summed E-state index contributed by atoms with van der Waals surface area (Å²) in [5, 5.41) is 3.43. The van der Waals surface area contributed by atoms with Gasteiger partial charge in [0.25, 0.3) is 0 Å². The van der Waals surface area contributed by atoms with Crippen molar-refractivity contribution in [2.45, 2.75) is 25.7 Å². The summed E-state index contributed by atoms with van der Waals surface area (Å²) in [7, 11) is 3.92. The van der Waals surface area contributed by atoms with Crippen LogP contribution in [-0.4, -0.2) is 62.5 Å². The molecule has 0 atom stereocenters. The van der Waals surface area contributed by atoms with Crippen LogP contribution in [0.1, 0.15) is 25.7 Å². The second kappa shape index (κ2) is 6.53. The fourth-order valence-electron chi connectivity index (χ4n) is 3.31. The maximum Gasteiger partial charge on any atom is 0.236 e. The normalized spacial score (nSPS) is 23.6. The van der Waals surface area contributed by atoms with E-state index in [1.165, 1.54) is 38.8 Å². The van der Waals surface area contributed by atoms with Gasteiger partial charge in [0.15, 0.2) is 0 Å². The summed E-state index contributed by atoms with van der Waals surface area (Å²) < 4.78 is 0. The molecule has 2 heterocycles. The second-order valence-corrected chi connectivity index (χ2v) is 6.04. The van der Waals surface area contributed by atoms with Crippen LogP contribution in [-0.2, 0) is 4.79 Å². The van der Waals surface area contributed by atoms with E-state index >= 15 is 0 Å². The van der Waals surface area contributed by atoms with Crippen molar-refractivity contribution in [3.63, 3.8) is 0 Å². The number of likely N-dealkylation sites (tertiary alicyclic amines) is 1. The standard InChI is InChI=1S/C14H27N3O/c1-16(2)11-14(18)17-9-5-13(6-10-17)12-3-7-15-8-4-12/h12-13,15H,3-11H2,1-2H3. The molecule has 104 valence electrons. The molecule has 0 aromatic rings. The van der Waals surface area contributed by atoms with Crippen molar-refractivity contribution in [1.82, 2.24) is 15.1 Å². The fourth-order valence-corrected chi connectivity index (χ4v) is 3.31. The number of nitrogens with one attached hydrogen (secondary N) is 1. The molecule has 1 N–H and O–H groups in total. The third-order valence-corrected chi connectivity index (χ3v) is 4.39. The molecular weight excluding hydrogens is 226 g/mol. The summed E-state index contributed by atoms with van der Waals surface area (Å²) in [5.74, 6) is 2.05. The average molecular weight is 253 g/mol. The number of amides is 1. The van der Waals surface area contributed by atoms with Gasteiger partial charge in [0, 0.05) is 13.1 Å². The molecule has 1 amide bonds. The first-order chi connectivity index (χ1) is 8.66. The van der Waals surface area contributed by atoms with Crippen molar-refractivity contribution >= 4 is 5.91 Å². The lowest BCUT2D eigenvalue weighted by atomic mass is 9.79. The van der Waals surface area contributed by atoms with Gasteiger partial charge < -0.3 is 15.1 Å². The van der Waals surface area contributed by atoms with Crippen molar-refractivity contribution in [3.05, 3.63) is 0 Å². The summed E-state index contributed by atoms with van der Waals surface area (Å²) in [6.45, 7) is 4.87. The molecule has 0 aromatic heterocycles. The van der Waals surface area contributed by atoms with Gasteiger partial charge in [0.2, 0.25) is 5.91 Å². The molecule has 18 heavy (non-hydrogen) atoms. The van der Waals surface area contributed by atoms with Gasteiger partial charge in [-0.2, -0.15) is 0 Å². The molecule has 4 nitrogen and oxygen atoms in total. The van der Waals surface area contributed by atoms with E-state index in [-0.39, 0.29) is 0 Å². The Balaban J connectivity index is 1.75. The van der Waals surface area contributed by atoms with Gasteiger partial charge in [-0.25, -0.2) is 0 Å². The maximum absolute atomic E-state index is 12.0. The molecule has 0 aromatic carbocycles. The highest BCUT2D eigenvalue weighted by Crippen LogP contribution is 2.30. The molecule has 2 aliphatic rings. The molecule has 0 saturated carbocycles. The number of rotatable bonds is 3. The van der Waals surface area contributed by atoms with Crippen molar-refractivity contribution in [2.75, 3.05) is 46.8 Å². The lowest BCUT2D eigenvalue weighted by molar-refractivity contribution is -0.133. The first kappa shape index (κ1) is 13.8. The van der Waals surface area contributed by atoms with Crippen LogP contribution in [0.25, 0.3) is 0 Å².